The highest BCUT2D eigenvalue weighted by molar-refractivity contribution is 5.81. The van der Waals surface area contributed by atoms with Crippen LogP contribution in [0.25, 0.3) is 0 Å². The molecule has 0 bridgehead atoms. The lowest BCUT2D eigenvalue weighted by Crippen LogP contribution is -2.46. The molecule has 82 valence electrons. The summed E-state index contributed by atoms with van der Waals surface area (Å²) in [5, 5.41) is 5.75. The molecule has 1 amide bonds. The summed E-state index contributed by atoms with van der Waals surface area (Å²) < 4.78 is 0. The van der Waals surface area contributed by atoms with Gasteiger partial charge in [0.05, 0.1) is 6.04 Å². The third-order valence-corrected chi connectivity index (χ3v) is 2.06. The van der Waals surface area contributed by atoms with E-state index in [4.69, 9.17) is 0 Å². The standard InChI is InChI=1S/C10H20N2O2/c1-8(2)9(10(14)11-3)12-6-4-5-7-13/h7-9,12H,4-6H2,1-3H3,(H,11,14)/t9-/m0/s1/i9-3. The van der Waals surface area contributed by atoms with E-state index in [0.717, 1.165) is 12.7 Å². The topological polar surface area (TPSA) is 58.2 Å². The number of likely N-dealkylation sites (N-methyl/N-ethyl adjacent to an activating group) is 1. The lowest BCUT2D eigenvalue weighted by atomic mass is 8.25. The maximum Gasteiger partial charge on any atom is 0.237 e. The molecule has 0 spiro atoms. The van der Waals surface area contributed by atoms with Gasteiger partial charge in [-0.15, -0.1) is 0 Å². The van der Waals surface area contributed by atoms with E-state index in [2.05, 4.69) is 10.6 Å². The van der Waals surface area contributed by atoms with E-state index in [-0.39, 0.29) is 17.9 Å². The van der Waals surface area contributed by atoms with Gasteiger partial charge >= 0.3 is 0 Å². The van der Waals surface area contributed by atoms with Gasteiger partial charge in [-0.05, 0) is 18.9 Å². The zero-order valence-electron chi connectivity index (χ0n) is 9.17. The SMILES string of the molecule is CNC(=O)[9C@@H](NCCCC=O)C(C)C. The van der Waals surface area contributed by atoms with Gasteiger partial charge in [-0.25, -0.2) is 0 Å². The van der Waals surface area contributed by atoms with Crippen LogP contribution in [0.2, 0.25) is 0 Å². The second-order valence-corrected chi connectivity index (χ2v) is 3.60. The van der Waals surface area contributed by atoms with Gasteiger partial charge in [0.25, 0.3) is 0 Å². The maximum absolute atomic E-state index is 11.4. The fraction of sp³-hybridized carbons (Fsp3) is 0.800. The highest BCUT2D eigenvalue weighted by atomic mass is 16.1. The Balaban J connectivity index is 3.85. The molecule has 0 aliphatic heterocycles. The third kappa shape index (κ3) is 4.97. The number of carbonyl (C=O) groups excluding carboxylic acids is 2. The number of carbonyl (C=O) groups is 2. The van der Waals surface area contributed by atoms with Crippen molar-refractivity contribution in [1.29, 1.82) is 0 Å². The zero-order valence-corrected chi connectivity index (χ0v) is 9.17. The number of rotatable bonds is 7. The van der Waals surface area contributed by atoms with Crippen LogP contribution in [0.15, 0.2) is 0 Å². The van der Waals surface area contributed by atoms with E-state index < -0.39 is 0 Å². The van der Waals surface area contributed by atoms with Gasteiger partial charge < -0.3 is 15.4 Å². The second kappa shape index (κ2) is 7.50. The van der Waals surface area contributed by atoms with Crippen LogP contribution in [-0.4, -0.2) is 31.8 Å². The van der Waals surface area contributed by atoms with Crippen LogP contribution in [0.4, 0.5) is 0 Å². The third-order valence-electron chi connectivity index (χ3n) is 2.06. The number of hydrogen-bond acceptors (Lipinski definition) is 3. The molecule has 0 aromatic rings. The summed E-state index contributed by atoms with van der Waals surface area (Å²) in [4.78, 5) is 21.4. The fourth-order valence-corrected chi connectivity index (χ4v) is 1.23. The minimum absolute atomic E-state index is 0.00565. The fourth-order valence-electron chi connectivity index (χ4n) is 1.23. The molecule has 0 heterocycles. The van der Waals surface area contributed by atoms with Crippen molar-refractivity contribution in [2.45, 2.75) is 32.7 Å². The largest absolute Gasteiger partial charge is 0.358 e. The highest BCUT2D eigenvalue weighted by Gasteiger charge is 2.19. The van der Waals surface area contributed by atoms with Crippen molar-refractivity contribution >= 4 is 12.2 Å². The van der Waals surface area contributed by atoms with E-state index in [1.165, 1.54) is 0 Å². The first kappa shape index (κ1) is 13.1. The first-order valence-corrected chi connectivity index (χ1v) is 5.02. The molecule has 14 heavy (non-hydrogen) atoms. The molecule has 0 rings (SSSR count). The van der Waals surface area contributed by atoms with Crippen molar-refractivity contribution in [2.75, 3.05) is 13.6 Å². The summed E-state index contributed by atoms with van der Waals surface area (Å²) in [7, 11) is 1.63. The molecule has 0 aromatic carbocycles. The Hall–Kier alpha value is -0.900. The minimum atomic E-state index is -0.161. The molecule has 0 aromatic heterocycles. The number of hydrogen-bond donors (Lipinski definition) is 2. The first-order valence-electron chi connectivity index (χ1n) is 5.02. The van der Waals surface area contributed by atoms with Crippen LogP contribution in [0, 0.1) is 5.92 Å². The smallest absolute Gasteiger partial charge is 0.237 e. The molecular weight excluding hydrogens is 177 g/mol. The van der Waals surface area contributed by atoms with Crippen molar-refractivity contribution in [3.63, 3.8) is 0 Å². The zero-order chi connectivity index (χ0) is 11.0. The Labute approximate surface area is 85.4 Å². The molecule has 0 aliphatic rings. The summed E-state index contributed by atoms with van der Waals surface area (Å²) in [5.41, 5.74) is 0. The Kier molecular flexibility index (Phi) is 7.02. The summed E-state index contributed by atoms with van der Waals surface area (Å²) in [6.45, 7) is 4.69. The molecule has 0 unspecified atom stereocenters. The lowest BCUT2D eigenvalue weighted by Gasteiger charge is -2.20. The Morgan fingerprint density at radius 3 is 2.57 bits per heavy atom. The van der Waals surface area contributed by atoms with Gasteiger partial charge in [-0.1, -0.05) is 13.8 Å². The van der Waals surface area contributed by atoms with Crippen LogP contribution < -0.4 is 10.6 Å². The Morgan fingerprint density at radius 2 is 2.14 bits per heavy atom. The summed E-state index contributed by atoms with van der Waals surface area (Å²) in [6.07, 6.45) is 2.22. The van der Waals surface area contributed by atoms with Crippen LogP contribution in [0.1, 0.15) is 26.7 Å². The highest BCUT2D eigenvalue weighted by Crippen LogP contribution is 2.01. The number of aldehydes is 1. The van der Waals surface area contributed by atoms with E-state index in [1.54, 1.807) is 7.05 Å². The number of amides is 1. The van der Waals surface area contributed by atoms with Crippen LogP contribution in [0.3, 0.4) is 0 Å². The average Bonchev–Trinajstić information content (AvgIpc) is 2.16. The molecule has 0 fully saturated rings. The molecular formula is C10H20N2O2. The van der Waals surface area contributed by atoms with Crippen molar-refractivity contribution in [2.24, 2.45) is 5.92 Å². The Bertz CT molecular complexity index is 181. The van der Waals surface area contributed by atoms with Crippen molar-refractivity contribution < 1.29 is 9.59 Å². The summed E-state index contributed by atoms with van der Waals surface area (Å²) in [6, 6.07) is -0.161. The van der Waals surface area contributed by atoms with E-state index in [9.17, 15) is 9.59 Å². The summed E-state index contributed by atoms with van der Waals surface area (Å²) >= 11 is 0. The molecule has 4 nitrogen and oxygen atoms in total. The van der Waals surface area contributed by atoms with Crippen LogP contribution in [0.5, 0.6) is 0 Å². The predicted octanol–water partition coefficient (Wildman–Crippen LogP) is 0.326. The molecule has 0 saturated carbocycles. The van der Waals surface area contributed by atoms with Crippen molar-refractivity contribution in [3.05, 3.63) is 0 Å². The number of unbranched alkanes of at least 4 members (excludes halogenated alkanes) is 1. The number of nitrogens with one attached hydrogen (secondary N) is 2. The Morgan fingerprint density at radius 1 is 1.50 bits per heavy atom. The van der Waals surface area contributed by atoms with E-state index in [0.29, 0.717) is 13.0 Å². The minimum Gasteiger partial charge on any atom is -0.358 e. The normalized spacial score (nSPS) is 12.6. The van der Waals surface area contributed by atoms with Gasteiger partial charge in [0, 0.05) is 13.5 Å². The van der Waals surface area contributed by atoms with Gasteiger partial charge in [0.1, 0.15) is 6.29 Å². The molecule has 0 saturated heterocycles. The molecule has 0 aliphatic carbocycles. The van der Waals surface area contributed by atoms with Crippen molar-refractivity contribution in [3.8, 4) is 0 Å². The molecule has 0 radical (unpaired) electrons. The van der Waals surface area contributed by atoms with E-state index in [1.807, 2.05) is 13.8 Å². The summed E-state index contributed by atoms with van der Waals surface area (Å²) in [5.74, 6) is 0.261. The van der Waals surface area contributed by atoms with Gasteiger partial charge in [-0.2, -0.15) is 0 Å². The molecule has 1 atom stereocenters. The van der Waals surface area contributed by atoms with Crippen molar-refractivity contribution in [1.82, 2.24) is 10.6 Å². The van der Waals surface area contributed by atoms with Crippen LogP contribution >= 0.6 is 0 Å². The van der Waals surface area contributed by atoms with Gasteiger partial charge in [-0.3, -0.25) is 4.79 Å². The van der Waals surface area contributed by atoms with Gasteiger partial charge in [0.15, 0.2) is 0 Å². The molecule has 2 N–H and O–H groups in total. The first-order chi connectivity index (χ1) is 6.63. The van der Waals surface area contributed by atoms with Crippen LogP contribution in [-0.2, 0) is 9.59 Å². The average molecular weight is 197 g/mol. The quantitative estimate of drug-likeness (QED) is 0.456. The predicted molar refractivity (Wildman–Crippen MR) is 56.0 cm³/mol. The molecule has 4 heteroatoms. The lowest BCUT2D eigenvalue weighted by molar-refractivity contribution is -0.123. The van der Waals surface area contributed by atoms with Gasteiger partial charge in [0.2, 0.25) is 5.91 Å². The monoisotopic (exact) mass is 197 g/mol. The van der Waals surface area contributed by atoms with E-state index >= 15 is 0 Å². The maximum atomic E-state index is 11.4. The second-order valence-electron chi connectivity index (χ2n) is 3.60.